The van der Waals surface area contributed by atoms with E-state index in [1.165, 1.54) is 16.8 Å². The zero-order valence-corrected chi connectivity index (χ0v) is 16.0. The van der Waals surface area contributed by atoms with Gasteiger partial charge in [-0.25, -0.2) is 0 Å². The number of carbonyl (C=O) groups is 1. The van der Waals surface area contributed by atoms with Crippen molar-refractivity contribution in [2.24, 2.45) is 11.3 Å². The van der Waals surface area contributed by atoms with Crippen LogP contribution in [-0.4, -0.2) is 49.8 Å². The van der Waals surface area contributed by atoms with Gasteiger partial charge in [0.2, 0.25) is 0 Å². The first kappa shape index (κ1) is 16.4. The van der Waals surface area contributed by atoms with Crippen LogP contribution in [0.25, 0.3) is 0 Å². The van der Waals surface area contributed by atoms with E-state index >= 15 is 0 Å². The summed E-state index contributed by atoms with van der Waals surface area (Å²) in [7, 11) is 3.95. The molecule has 4 aliphatic heterocycles. The number of benzene rings is 1. The van der Waals surface area contributed by atoms with Gasteiger partial charge in [0.05, 0.1) is 33.3 Å². The van der Waals surface area contributed by atoms with E-state index in [4.69, 9.17) is 4.74 Å². The first-order chi connectivity index (χ1) is 12.5. The molecule has 4 nitrogen and oxygen atoms in total. The third kappa shape index (κ3) is 1.86. The monoisotopic (exact) mass is 353 g/mol. The molecule has 4 bridgehead atoms. The average Bonchev–Trinajstić information content (AvgIpc) is 3.00. The summed E-state index contributed by atoms with van der Waals surface area (Å²) in [4.78, 5) is 13.4. The molecule has 5 aliphatic rings. The van der Waals surface area contributed by atoms with E-state index < -0.39 is 5.41 Å². The van der Waals surface area contributed by atoms with Crippen molar-refractivity contribution >= 4 is 11.7 Å². The lowest BCUT2D eigenvalue weighted by atomic mass is 9.57. The first-order valence-corrected chi connectivity index (χ1v) is 10.0. The lowest BCUT2D eigenvalue weighted by molar-refractivity contribution is -0.943. The van der Waals surface area contributed by atoms with E-state index in [2.05, 4.69) is 49.6 Å². The quantitative estimate of drug-likeness (QED) is 0.504. The molecule has 2 saturated heterocycles. The van der Waals surface area contributed by atoms with Crippen LogP contribution in [0.3, 0.4) is 0 Å². The van der Waals surface area contributed by atoms with Crippen LogP contribution in [0.1, 0.15) is 37.7 Å². The topological polar surface area (TPSA) is 38.3 Å². The molecule has 1 aromatic carbocycles. The SMILES string of the molecule is CCC1=CC2CC3(C(=O)OC)C4Nc5ccccc5C4CC[N+](C)(C2)C13. The number of nitrogens with one attached hydrogen (secondary N) is 1. The Morgan fingerprint density at radius 2 is 2.19 bits per heavy atom. The number of esters is 1. The lowest BCUT2D eigenvalue weighted by Gasteiger charge is -2.59. The number of nitrogens with zero attached hydrogens (tertiary/aromatic N) is 1. The molecule has 1 aliphatic carbocycles. The van der Waals surface area contributed by atoms with Gasteiger partial charge in [0, 0.05) is 23.9 Å². The predicted octanol–water partition coefficient (Wildman–Crippen LogP) is 3.31. The molecule has 2 fully saturated rings. The molecule has 1 aromatic rings. The van der Waals surface area contributed by atoms with Crippen molar-refractivity contribution in [3.05, 3.63) is 41.5 Å². The van der Waals surface area contributed by atoms with Crippen molar-refractivity contribution in [2.75, 3.05) is 32.6 Å². The smallest absolute Gasteiger partial charge is 0.320 e. The highest BCUT2D eigenvalue weighted by atomic mass is 16.5. The predicted molar refractivity (Wildman–Crippen MR) is 102 cm³/mol. The maximum absolute atomic E-state index is 13.4. The summed E-state index contributed by atoms with van der Waals surface area (Å²) in [5, 5.41) is 3.80. The van der Waals surface area contributed by atoms with Crippen LogP contribution in [-0.2, 0) is 9.53 Å². The molecule has 0 spiro atoms. The normalized spacial score (nSPS) is 42.2. The van der Waals surface area contributed by atoms with Crippen LogP contribution in [0, 0.1) is 11.3 Å². The Balaban J connectivity index is 1.73. The number of fused-ring (bicyclic) bond motifs is 3. The number of quaternary nitrogens is 1. The zero-order chi connectivity index (χ0) is 18.1. The van der Waals surface area contributed by atoms with E-state index in [9.17, 15) is 4.79 Å². The summed E-state index contributed by atoms with van der Waals surface area (Å²) in [6.45, 7) is 4.54. The molecule has 6 unspecified atom stereocenters. The molecule has 1 N–H and O–H groups in total. The maximum Gasteiger partial charge on any atom is 0.320 e. The Labute approximate surface area is 155 Å². The number of hydrogen-bond donors (Lipinski definition) is 1. The number of carbonyl (C=O) groups excluding carboxylic acids is 1. The minimum atomic E-state index is -0.466. The fraction of sp³-hybridized carbons (Fsp3) is 0.591. The molecule has 0 saturated carbocycles. The van der Waals surface area contributed by atoms with Crippen LogP contribution >= 0.6 is 0 Å². The molecule has 4 heterocycles. The van der Waals surface area contributed by atoms with Gasteiger partial charge < -0.3 is 14.5 Å². The van der Waals surface area contributed by atoms with Crippen LogP contribution in [0.5, 0.6) is 0 Å². The minimum absolute atomic E-state index is 0.00666. The van der Waals surface area contributed by atoms with Crippen molar-refractivity contribution in [1.29, 1.82) is 0 Å². The van der Waals surface area contributed by atoms with Crippen molar-refractivity contribution in [3.8, 4) is 0 Å². The molecule has 0 amide bonds. The van der Waals surface area contributed by atoms with E-state index in [0.29, 0.717) is 11.8 Å². The van der Waals surface area contributed by atoms with E-state index in [1.54, 1.807) is 7.11 Å². The second-order valence-corrected chi connectivity index (χ2v) is 8.98. The standard InChI is InChI=1S/C22H29N2O2/c1-4-15-11-14-12-22(21(25)26-3)19-17(9-10-24(2,13-14)20(15)22)16-7-5-6-8-18(16)23-19/h5-8,11,14,17,19-20,23H,4,9-10,12-13H2,1-3H3/q+1. The van der Waals surface area contributed by atoms with Gasteiger partial charge in [-0.2, -0.15) is 0 Å². The fourth-order valence-electron chi connectivity index (χ4n) is 7.03. The van der Waals surface area contributed by atoms with Gasteiger partial charge in [-0.15, -0.1) is 0 Å². The Morgan fingerprint density at radius 3 is 2.96 bits per heavy atom. The summed E-state index contributed by atoms with van der Waals surface area (Å²) in [5.41, 5.74) is 3.61. The number of likely N-dealkylation sites (N-methyl/N-ethyl adjacent to an activating group) is 1. The van der Waals surface area contributed by atoms with Gasteiger partial charge in [0.15, 0.2) is 0 Å². The Morgan fingerprint density at radius 1 is 1.38 bits per heavy atom. The molecule has 26 heavy (non-hydrogen) atoms. The van der Waals surface area contributed by atoms with Crippen LogP contribution in [0.4, 0.5) is 5.69 Å². The third-order valence-corrected chi connectivity index (χ3v) is 7.72. The number of para-hydroxylation sites is 1. The van der Waals surface area contributed by atoms with Gasteiger partial charge in [-0.3, -0.25) is 4.79 Å². The number of piperidine rings is 1. The van der Waals surface area contributed by atoms with E-state index in [1.807, 2.05) is 0 Å². The second-order valence-electron chi connectivity index (χ2n) is 8.98. The van der Waals surface area contributed by atoms with Crippen LogP contribution in [0.2, 0.25) is 0 Å². The largest absolute Gasteiger partial charge is 0.468 e. The zero-order valence-electron chi connectivity index (χ0n) is 16.0. The average molecular weight is 353 g/mol. The van der Waals surface area contributed by atoms with Crippen molar-refractivity contribution in [3.63, 3.8) is 0 Å². The van der Waals surface area contributed by atoms with Crippen molar-refractivity contribution in [1.82, 2.24) is 0 Å². The minimum Gasteiger partial charge on any atom is -0.468 e. The molecule has 6 rings (SSSR count). The third-order valence-electron chi connectivity index (χ3n) is 7.72. The summed E-state index contributed by atoms with van der Waals surface area (Å²) in [5.74, 6) is 0.860. The van der Waals surface area contributed by atoms with E-state index in [0.717, 1.165) is 36.8 Å². The first-order valence-electron chi connectivity index (χ1n) is 10.0. The highest BCUT2D eigenvalue weighted by Crippen LogP contribution is 2.60. The Bertz CT molecular complexity index is 803. The number of anilines is 1. The molecular weight excluding hydrogens is 324 g/mol. The van der Waals surface area contributed by atoms with Gasteiger partial charge in [-0.1, -0.05) is 31.2 Å². The van der Waals surface area contributed by atoms with Gasteiger partial charge in [0.1, 0.15) is 11.5 Å². The number of methoxy groups -OCH3 is 1. The van der Waals surface area contributed by atoms with Crippen molar-refractivity contribution in [2.45, 2.75) is 44.2 Å². The molecule has 0 radical (unpaired) electrons. The molecule has 4 heteroatoms. The van der Waals surface area contributed by atoms with Gasteiger partial charge in [-0.05, 0) is 30.0 Å². The van der Waals surface area contributed by atoms with Crippen LogP contribution in [0.15, 0.2) is 35.9 Å². The van der Waals surface area contributed by atoms with Crippen molar-refractivity contribution < 1.29 is 14.0 Å². The highest BCUT2D eigenvalue weighted by molar-refractivity contribution is 5.82. The lowest BCUT2D eigenvalue weighted by Crippen LogP contribution is -2.72. The summed E-state index contributed by atoms with van der Waals surface area (Å²) < 4.78 is 6.50. The Kier molecular flexibility index (Phi) is 3.37. The summed E-state index contributed by atoms with van der Waals surface area (Å²) in [6, 6.07) is 9.01. The van der Waals surface area contributed by atoms with Crippen LogP contribution < -0.4 is 5.32 Å². The summed E-state index contributed by atoms with van der Waals surface area (Å²) >= 11 is 0. The number of hydrogen-bond acceptors (Lipinski definition) is 3. The molecule has 138 valence electrons. The number of rotatable bonds is 2. The molecule has 0 aromatic heterocycles. The molecular formula is C22H29N2O2+. The Hall–Kier alpha value is -1.81. The summed E-state index contributed by atoms with van der Waals surface area (Å²) in [6.07, 6.45) is 5.56. The maximum atomic E-state index is 13.4. The molecule has 6 atom stereocenters. The highest BCUT2D eigenvalue weighted by Gasteiger charge is 2.70. The second kappa shape index (κ2) is 5.35. The number of ether oxygens (including phenoxy) is 1. The fourth-order valence-corrected chi connectivity index (χ4v) is 7.03. The van der Waals surface area contributed by atoms with E-state index in [-0.39, 0.29) is 18.1 Å². The van der Waals surface area contributed by atoms with Gasteiger partial charge >= 0.3 is 5.97 Å². The van der Waals surface area contributed by atoms with Gasteiger partial charge in [0.25, 0.3) is 0 Å².